The molecule has 0 unspecified atom stereocenters. The standard InChI is InChI=1S/C15H11F3O3/c16-7-10(19)11-12(17)9(14(20)13(18)15(11)21)6-8-4-2-1-3-5-8/h1-5,20-21H,6-7H2. The third-order valence-corrected chi connectivity index (χ3v) is 3.05. The lowest BCUT2D eigenvalue weighted by Crippen LogP contribution is -2.09. The molecule has 0 saturated heterocycles. The summed E-state index contributed by atoms with van der Waals surface area (Å²) in [6, 6.07) is 8.26. The fourth-order valence-electron chi connectivity index (χ4n) is 2.00. The second-order valence-corrected chi connectivity index (χ2v) is 4.40. The molecule has 0 saturated carbocycles. The Bertz CT molecular complexity index is 685. The van der Waals surface area contributed by atoms with Crippen LogP contribution in [0.25, 0.3) is 0 Å². The minimum Gasteiger partial charge on any atom is -0.504 e. The predicted octanol–water partition coefficient (Wildman–Crippen LogP) is 3.12. The smallest absolute Gasteiger partial charge is 0.207 e. The van der Waals surface area contributed by atoms with Gasteiger partial charge in [-0.05, 0) is 5.56 Å². The van der Waals surface area contributed by atoms with Crippen molar-refractivity contribution in [3.8, 4) is 11.5 Å². The van der Waals surface area contributed by atoms with E-state index in [1.54, 1.807) is 30.3 Å². The molecule has 6 heteroatoms. The van der Waals surface area contributed by atoms with Crippen molar-refractivity contribution in [1.82, 2.24) is 0 Å². The van der Waals surface area contributed by atoms with Gasteiger partial charge in [0.2, 0.25) is 11.6 Å². The van der Waals surface area contributed by atoms with Crippen molar-refractivity contribution in [1.29, 1.82) is 0 Å². The van der Waals surface area contributed by atoms with E-state index < -0.39 is 46.7 Å². The lowest BCUT2D eigenvalue weighted by Gasteiger charge is -2.12. The van der Waals surface area contributed by atoms with E-state index in [4.69, 9.17) is 0 Å². The number of phenolic OH excluding ortho intramolecular Hbond substituents is 2. The van der Waals surface area contributed by atoms with Gasteiger partial charge in [-0.2, -0.15) is 4.39 Å². The summed E-state index contributed by atoms with van der Waals surface area (Å²) in [4.78, 5) is 11.3. The molecule has 0 aliphatic rings. The van der Waals surface area contributed by atoms with E-state index in [0.29, 0.717) is 5.56 Å². The fourth-order valence-corrected chi connectivity index (χ4v) is 2.00. The third kappa shape index (κ3) is 2.69. The number of Topliss-reactive ketones (excluding diaryl/α,β-unsaturated/α-hetero) is 1. The van der Waals surface area contributed by atoms with Crippen LogP contribution >= 0.6 is 0 Å². The predicted molar refractivity (Wildman–Crippen MR) is 69.2 cm³/mol. The van der Waals surface area contributed by atoms with E-state index in [1.807, 2.05) is 0 Å². The van der Waals surface area contributed by atoms with Gasteiger partial charge < -0.3 is 10.2 Å². The zero-order valence-corrected chi connectivity index (χ0v) is 10.7. The van der Waals surface area contributed by atoms with Gasteiger partial charge in [-0.25, -0.2) is 8.78 Å². The van der Waals surface area contributed by atoms with Gasteiger partial charge in [-0.15, -0.1) is 0 Å². The van der Waals surface area contributed by atoms with Gasteiger partial charge in [0.05, 0.1) is 0 Å². The van der Waals surface area contributed by atoms with Crippen LogP contribution in [0.1, 0.15) is 21.5 Å². The number of halogens is 3. The maximum atomic E-state index is 14.2. The molecule has 3 nitrogen and oxygen atoms in total. The number of hydrogen-bond acceptors (Lipinski definition) is 3. The summed E-state index contributed by atoms with van der Waals surface area (Å²) in [6.07, 6.45) is -0.206. The minimum atomic E-state index is -1.58. The van der Waals surface area contributed by atoms with Crippen LogP contribution in [0.15, 0.2) is 30.3 Å². The fraction of sp³-hybridized carbons (Fsp3) is 0.133. The number of phenols is 2. The van der Waals surface area contributed by atoms with Crippen LogP contribution in [0.5, 0.6) is 11.5 Å². The summed E-state index contributed by atoms with van der Waals surface area (Å²) in [5, 5.41) is 19.0. The summed E-state index contributed by atoms with van der Waals surface area (Å²) < 4.78 is 40.3. The topological polar surface area (TPSA) is 57.5 Å². The quantitative estimate of drug-likeness (QED) is 0.852. The Balaban J connectivity index is 2.60. The molecule has 0 amide bonds. The first kappa shape index (κ1) is 14.9. The van der Waals surface area contributed by atoms with Crippen molar-refractivity contribution in [2.24, 2.45) is 0 Å². The Morgan fingerprint density at radius 2 is 1.62 bits per heavy atom. The summed E-state index contributed by atoms with van der Waals surface area (Å²) in [5.74, 6) is -6.73. The maximum absolute atomic E-state index is 14.2. The van der Waals surface area contributed by atoms with Crippen molar-refractivity contribution >= 4 is 5.78 Å². The largest absolute Gasteiger partial charge is 0.504 e. The van der Waals surface area contributed by atoms with E-state index in [1.165, 1.54) is 0 Å². The van der Waals surface area contributed by atoms with E-state index in [9.17, 15) is 28.2 Å². The van der Waals surface area contributed by atoms with Gasteiger partial charge in [-0.1, -0.05) is 30.3 Å². The highest BCUT2D eigenvalue weighted by atomic mass is 19.1. The van der Waals surface area contributed by atoms with Gasteiger partial charge in [0, 0.05) is 12.0 Å². The highest BCUT2D eigenvalue weighted by Gasteiger charge is 2.28. The first-order chi connectivity index (χ1) is 9.97. The van der Waals surface area contributed by atoms with Crippen molar-refractivity contribution in [3.05, 3.63) is 58.7 Å². The van der Waals surface area contributed by atoms with Crippen molar-refractivity contribution in [2.45, 2.75) is 6.42 Å². The maximum Gasteiger partial charge on any atom is 0.207 e. The highest BCUT2D eigenvalue weighted by Crippen LogP contribution is 2.37. The van der Waals surface area contributed by atoms with Crippen LogP contribution in [-0.2, 0) is 6.42 Å². The Labute approximate surface area is 118 Å². The van der Waals surface area contributed by atoms with Gasteiger partial charge in [0.15, 0.2) is 18.2 Å². The molecule has 0 atom stereocenters. The molecule has 2 N–H and O–H groups in total. The molecule has 0 bridgehead atoms. The number of benzene rings is 2. The molecule has 0 spiro atoms. The summed E-state index contributed by atoms with van der Waals surface area (Å²) in [7, 11) is 0. The first-order valence-electron chi connectivity index (χ1n) is 6.02. The van der Waals surface area contributed by atoms with Crippen molar-refractivity contribution < 1.29 is 28.2 Å². The Hall–Kier alpha value is -2.50. The van der Waals surface area contributed by atoms with E-state index >= 15 is 0 Å². The normalized spacial score (nSPS) is 10.6. The molecule has 0 fully saturated rings. The number of alkyl halides is 1. The summed E-state index contributed by atoms with van der Waals surface area (Å²) >= 11 is 0. The highest BCUT2D eigenvalue weighted by molar-refractivity contribution is 6.00. The second-order valence-electron chi connectivity index (χ2n) is 4.40. The Morgan fingerprint density at radius 3 is 2.19 bits per heavy atom. The Kier molecular flexibility index (Phi) is 4.16. The summed E-state index contributed by atoms with van der Waals surface area (Å²) in [6.45, 7) is -1.58. The van der Waals surface area contributed by atoms with E-state index in [0.717, 1.165) is 0 Å². The second kappa shape index (κ2) is 5.87. The molecule has 110 valence electrons. The van der Waals surface area contributed by atoms with Crippen LogP contribution in [0.4, 0.5) is 13.2 Å². The first-order valence-corrected chi connectivity index (χ1v) is 6.02. The average molecular weight is 296 g/mol. The van der Waals surface area contributed by atoms with Crippen LogP contribution in [0.2, 0.25) is 0 Å². The van der Waals surface area contributed by atoms with Gasteiger partial charge >= 0.3 is 0 Å². The number of carbonyl (C=O) groups is 1. The van der Waals surface area contributed by atoms with Gasteiger partial charge in [0.1, 0.15) is 11.4 Å². The molecule has 0 aromatic heterocycles. The van der Waals surface area contributed by atoms with Crippen LogP contribution < -0.4 is 0 Å². The molecule has 0 heterocycles. The van der Waals surface area contributed by atoms with Gasteiger partial charge in [-0.3, -0.25) is 4.79 Å². The van der Waals surface area contributed by atoms with Crippen LogP contribution in [-0.4, -0.2) is 22.7 Å². The third-order valence-electron chi connectivity index (χ3n) is 3.05. The van der Waals surface area contributed by atoms with Crippen molar-refractivity contribution in [3.63, 3.8) is 0 Å². The molecule has 2 aromatic carbocycles. The monoisotopic (exact) mass is 296 g/mol. The number of carbonyl (C=O) groups excluding carboxylic acids is 1. The number of ketones is 1. The summed E-state index contributed by atoms with van der Waals surface area (Å²) in [5.41, 5.74) is -1.04. The molecular formula is C15H11F3O3. The number of aromatic hydroxyl groups is 2. The molecule has 2 rings (SSSR count). The number of rotatable bonds is 4. The zero-order chi connectivity index (χ0) is 15.6. The Morgan fingerprint density at radius 1 is 1.00 bits per heavy atom. The lowest BCUT2D eigenvalue weighted by molar-refractivity contribution is 0.0950. The van der Waals surface area contributed by atoms with Crippen LogP contribution in [0.3, 0.4) is 0 Å². The van der Waals surface area contributed by atoms with Crippen LogP contribution in [0, 0.1) is 11.6 Å². The SMILES string of the molecule is O=C(CF)c1c(O)c(F)c(O)c(Cc2ccccc2)c1F. The van der Waals surface area contributed by atoms with E-state index in [2.05, 4.69) is 0 Å². The minimum absolute atomic E-state index is 0.206. The molecule has 0 aliphatic carbocycles. The zero-order valence-electron chi connectivity index (χ0n) is 10.7. The molecule has 2 aromatic rings. The van der Waals surface area contributed by atoms with Crippen molar-refractivity contribution in [2.75, 3.05) is 6.67 Å². The molecule has 21 heavy (non-hydrogen) atoms. The number of hydrogen-bond donors (Lipinski definition) is 2. The molecule has 0 aliphatic heterocycles. The molecular weight excluding hydrogens is 285 g/mol. The average Bonchev–Trinajstić information content (AvgIpc) is 2.50. The van der Waals surface area contributed by atoms with Gasteiger partial charge in [0.25, 0.3) is 0 Å². The lowest BCUT2D eigenvalue weighted by atomic mass is 9.98. The molecule has 0 radical (unpaired) electrons. The van der Waals surface area contributed by atoms with E-state index in [-0.39, 0.29) is 6.42 Å².